The van der Waals surface area contributed by atoms with Gasteiger partial charge in [-0.25, -0.2) is 5.01 Å². The molecule has 2 N–H and O–H groups in total. The largest absolute Gasteiger partial charge is 0.481 e. The standard InChI is InChI=1S/C12H20N2O4/c1-8-6-9(10(7-8)12(16)17)11(15)13-14-2-4-18-5-3-14/h8-10H,2-7H2,1H3,(H,13,15)(H,16,17)/t8?,9-,10+/m0/s1. The van der Waals surface area contributed by atoms with Crippen LogP contribution in [-0.4, -0.2) is 48.3 Å². The number of hydrazine groups is 1. The number of carboxylic acids is 1. The molecule has 0 spiro atoms. The van der Waals surface area contributed by atoms with Gasteiger partial charge in [0.1, 0.15) is 0 Å². The second kappa shape index (κ2) is 5.67. The van der Waals surface area contributed by atoms with Crippen LogP contribution in [-0.2, 0) is 14.3 Å². The number of aliphatic carboxylic acids is 1. The summed E-state index contributed by atoms with van der Waals surface area (Å²) in [5, 5.41) is 11.0. The molecule has 0 aromatic heterocycles. The van der Waals surface area contributed by atoms with E-state index in [1.54, 1.807) is 0 Å². The zero-order valence-electron chi connectivity index (χ0n) is 10.6. The number of morpholine rings is 1. The Morgan fingerprint density at radius 2 is 1.83 bits per heavy atom. The Labute approximate surface area is 106 Å². The van der Waals surface area contributed by atoms with E-state index in [4.69, 9.17) is 9.84 Å². The first-order valence-corrected chi connectivity index (χ1v) is 6.44. The smallest absolute Gasteiger partial charge is 0.307 e. The number of carbonyl (C=O) groups is 2. The molecule has 1 heterocycles. The lowest BCUT2D eigenvalue weighted by Gasteiger charge is -2.28. The van der Waals surface area contributed by atoms with Gasteiger partial charge in [-0.2, -0.15) is 0 Å². The summed E-state index contributed by atoms with van der Waals surface area (Å²) < 4.78 is 5.20. The molecule has 0 radical (unpaired) electrons. The molecule has 18 heavy (non-hydrogen) atoms. The molecule has 1 aliphatic carbocycles. The molecule has 6 heteroatoms. The van der Waals surface area contributed by atoms with E-state index in [1.165, 1.54) is 0 Å². The third-order valence-electron chi connectivity index (χ3n) is 3.73. The Kier molecular flexibility index (Phi) is 4.19. The number of carbonyl (C=O) groups excluding carboxylic acids is 1. The monoisotopic (exact) mass is 256 g/mol. The van der Waals surface area contributed by atoms with Crippen molar-refractivity contribution in [2.45, 2.75) is 19.8 Å². The number of hydrogen-bond donors (Lipinski definition) is 2. The topological polar surface area (TPSA) is 78.9 Å². The highest BCUT2D eigenvalue weighted by molar-refractivity contribution is 5.85. The molecule has 0 aromatic rings. The van der Waals surface area contributed by atoms with Crippen molar-refractivity contribution in [1.29, 1.82) is 0 Å². The van der Waals surface area contributed by atoms with E-state index < -0.39 is 17.8 Å². The second-order valence-corrected chi connectivity index (χ2v) is 5.20. The highest BCUT2D eigenvalue weighted by Gasteiger charge is 2.41. The number of nitrogens with zero attached hydrogens (tertiary/aromatic N) is 1. The van der Waals surface area contributed by atoms with Crippen LogP contribution >= 0.6 is 0 Å². The van der Waals surface area contributed by atoms with E-state index in [0.29, 0.717) is 45.1 Å². The van der Waals surface area contributed by atoms with Crippen molar-refractivity contribution in [2.24, 2.45) is 17.8 Å². The van der Waals surface area contributed by atoms with Crippen molar-refractivity contribution >= 4 is 11.9 Å². The molecule has 6 nitrogen and oxygen atoms in total. The number of carboxylic acid groups (broad SMARTS) is 1. The minimum atomic E-state index is -0.860. The number of hydrogen-bond acceptors (Lipinski definition) is 4. The van der Waals surface area contributed by atoms with Gasteiger partial charge in [0.2, 0.25) is 5.91 Å². The summed E-state index contributed by atoms with van der Waals surface area (Å²) in [6, 6.07) is 0. The van der Waals surface area contributed by atoms with Crippen molar-refractivity contribution in [3.63, 3.8) is 0 Å². The molecular formula is C12H20N2O4. The maximum atomic E-state index is 12.1. The molecule has 1 unspecified atom stereocenters. The van der Waals surface area contributed by atoms with Crippen molar-refractivity contribution in [3.8, 4) is 0 Å². The highest BCUT2D eigenvalue weighted by Crippen LogP contribution is 2.36. The Balaban J connectivity index is 1.92. The molecule has 2 rings (SSSR count). The normalized spacial score (nSPS) is 33.3. The van der Waals surface area contributed by atoms with E-state index in [0.717, 1.165) is 0 Å². The number of nitrogens with one attached hydrogen (secondary N) is 1. The molecule has 2 aliphatic rings. The lowest BCUT2D eigenvalue weighted by atomic mass is 9.96. The van der Waals surface area contributed by atoms with Gasteiger partial charge in [-0.05, 0) is 18.8 Å². The fourth-order valence-electron chi connectivity index (χ4n) is 2.77. The Morgan fingerprint density at radius 1 is 1.22 bits per heavy atom. The molecule has 0 bridgehead atoms. The van der Waals surface area contributed by atoms with E-state index in [2.05, 4.69) is 5.43 Å². The molecular weight excluding hydrogens is 236 g/mol. The van der Waals surface area contributed by atoms with Gasteiger partial charge in [-0.15, -0.1) is 0 Å². The zero-order valence-corrected chi connectivity index (χ0v) is 10.6. The summed E-state index contributed by atoms with van der Waals surface area (Å²) in [6.07, 6.45) is 1.25. The first kappa shape index (κ1) is 13.3. The third kappa shape index (κ3) is 3.00. The van der Waals surface area contributed by atoms with Crippen molar-refractivity contribution in [1.82, 2.24) is 10.4 Å². The molecule has 0 aromatic carbocycles. The molecule has 3 atom stereocenters. The number of ether oxygens (including phenoxy) is 1. The van der Waals surface area contributed by atoms with Crippen LogP contribution in [0.2, 0.25) is 0 Å². The molecule has 1 aliphatic heterocycles. The maximum Gasteiger partial charge on any atom is 0.307 e. The summed E-state index contributed by atoms with van der Waals surface area (Å²) in [5.74, 6) is -1.66. The van der Waals surface area contributed by atoms with Gasteiger partial charge in [-0.3, -0.25) is 15.0 Å². The van der Waals surface area contributed by atoms with Crippen LogP contribution in [0.5, 0.6) is 0 Å². The summed E-state index contributed by atoms with van der Waals surface area (Å²) in [4.78, 5) is 23.3. The van der Waals surface area contributed by atoms with E-state index >= 15 is 0 Å². The van der Waals surface area contributed by atoms with Crippen LogP contribution in [0.1, 0.15) is 19.8 Å². The first-order chi connectivity index (χ1) is 8.58. The molecule has 1 saturated heterocycles. The van der Waals surface area contributed by atoms with Gasteiger partial charge in [-0.1, -0.05) is 6.92 Å². The molecule has 1 saturated carbocycles. The van der Waals surface area contributed by atoms with Gasteiger partial charge in [0.25, 0.3) is 0 Å². The predicted octanol–water partition coefficient (Wildman–Crippen LogP) is 0.0967. The third-order valence-corrected chi connectivity index (χ3v) is 3.73. The fraction of sp³-hybridized carbons (Fsp3) is 0.833. The van der Waals surface area contributed by atoms with Crippen LogP contribution in [0, 0.1) is 17.8 Å². The molecule has 1 amide bonds. The molecule has 2 fully saturated rings. The Hall–Kier alpha value is -1.14. The van der Waals surface area contributed by atoms with Crippen LogP contribution in [0.25, 0.3) is 0 Å². The van der Waals surface area contributed by atoms with Gasteiger partial charge >= 0.3 is 5.97 Å². The predicted molar refractivity (Wildman–Crippen MR) is 63.5 cm³/mol. The zero-order chi connectivity index (χ0) is 13.1. The van der Waals surface area contributed by atoms with Gasteiger partial charge in [0, 0.05) is 13.1 Å². The van der Waals surface area contributed by atoms with Crippen molar-refractivity contribution in [3.05, 3.63) is 0 Å². The van der Waals surface area contributed by atoms with E-state index in [-0.39, 0.29) is 5.91 Å². The first-order valence-electron chi connectivity index (χ1n) is 6.44. The van der Waals surface area contributed by atoms with Crippen LogP contribution in [0.3, 0.4) is 0 Å². The van der Waals surface area contributed by atoms with Gasteiger partial charge in [0.15, 0.2) is 0 Å². The highest BCUT2D eigenvalue weighted by atomic mass is 16.5. The average Bonchev–Trinajstić information content (AvgIpc) is 2.73. The minimum Gasteiger partial charge on any atom is -0.481 e. The second-order valence-electron chi connectivity index (χ2n) is 5.20. The van der Waals surface area contributed by atoms with E-state index in [1.807, 2.05) is 11.9 Å². The van der Waals surface area contributed by atoms with Gasteiger partial charge < -0.3 is 9.84 Å². The summed E-state index contributed by atoms with van der Waals surface area (Å²) in [5.41, 5.74) is 2.82. The summed E-state index contributed by atoms with van der Waals surface area (Å²) in [6.45, 7) is 4.52. The minimum absolute atomic E-state index is 0.159. The summed E-state index contributed by atoms with van der Waals surface area (Å²) in [7, 11) is 0. The SMILES string of the molecule is CC1C[C@H](C(=O)NN2CCOCC2)[C@H](C(=O)O)C1. The fourth-order valence-corrected chi connectivity index (χ4v) is 2.77. The average molecular weight is 256 g/mol. The maximum absolute atomic E-state index is 12.1. The van der Waals surface area contributed by atoms with Crippen LogP contribution in [0.4, 0.5) is 0 Å². The van der Waals surface area contributed by atoms with Crippen molar-refractivity contribution < 1.29 is 19.4 Å². The lowest BCUT2D eigenvalue weighted by molar-refractivity contribution is -0.147. The van der Waals surface area contributed by atoms with Crippen LogP contribution < -0.4 is 5.43 Å². The Morgan fingerprint density at radius 3 is 2.44 bits per heavy atom. The van der Waals surface area contributed by atoms with E-state index in [9.17, 15) is 9.59 Å². The number of rotatable bonds is 3. The summed E-state index contributed by atoms with van der Waals surface area (Å²) >= 11 is 0. The van der Waals surface area contributed by atoms with Gasteiger partial charge in [0.05, 0.1) is 25.0 Å². The number of amides is 1. The molecule has 102 valence electrons. The quantitative estimate of drug-likeness (QED) is 0.748. The lowest BCUT2D eigenvalue weighted by Crippen LogP contribution is -2.51. The van der Waals surface area contributed by atoms with Crippen molar-refractivity contribution in [2.75, 3.05) is 26.3 Å². The van der Waals surface area contributed by atoms with Crippen LogP contribution in [0.15, 0.2) is 0 Å². The Bertz CT molecular complexity index is 328.